The van der Waals surface area contributed by atoms with Gasteiger partial charge < -0.3 is 15.4 Å². The molecule has 4 aromatic rings. The molecular formula is C20H22N8O. The number of aryl methyl sites for hydroxylation is 1. The maximum Gasteiger partial charge on any atom is 0.237 e. The average Bonchev–Trinajstić information content (AvgIpc) is 3.48. The summed E-state index contributed by atoms with van der Waals surface area (Å²) in [6.07, 6.45) is 8.38. The number of aromatic nitrogens is 6. The van der Waals surface area contributed by atoms with Crippen LogP contribution in [0.1, 0.15) is 6.42 Å². The van der Waals surface area contributed by atoms with Gasteiger partial charge in [0.05, 0.1) is 24.3 Å². The van der Waals surface area contributed by atoms with Crippen LogP contribution in [0.4, 0.5) is 5.82 Å². The molecule has 1 atom stereocenters. The third kappa shape index (κ3) is 3.29. The van der Waals surface area contributed by atoms with Crippen LogP contribution in [0.25, 0.3) is 28.1 Å². The van der Waals surface area contributed by atoms with Crippen LogP contribution in [0.15, 0.2) is 43.1 Å². The van der Waals surface area contributed by atoms with E-state index in [0.29, 0.717) is 12.0 Å². The summed E-state index contributed by atoms with van der Waals surface area (Å²) in [4.78, 5) is 13.7. The summed E-state index contributed by atoms with van der Waals surface area (Å²) in [6.45, 7) is 1.97. The van der Waals surface area contributed by atoms with Crippen molar-refractivity contribution >= 4 is 16.9 Å². The van der Waals surface area contributed by atoms with Gasteiger partial charge in [0.2, 0.25) is 5.95 Å². The van der Waals surface area contributed by atoms with Crippen molar-refractivity contribution in [2.75, 3.05) is 25.5 Å². The summed E-state index contributed by atoms with van der Waals surface area (Å²) in [7, 11) is 3.55. The summed E-state index contributed by atoms with van der Waals surface area (Å²) < 4.78 is 9.26. The summed E-state index contributed by atoms with van der Waals surface area (Å²) in [5, 5.41) is 11.1. The molecule has 0 saturated carbocycles. The van der Waals surface area contributed by atoms with E-state index in [1.807, 2.05) is 42.2 Å². The minimum Gasteiger partial charge on any atom is -0.496 e. The lowest BCUT2D eigenvalue weighted by Gasteiger charge is -2.13. The zero-order valence-electron chi connectivity index (χ0n) is 16.3. The van der Waals surface area contributed by atoms with Gasteiger partial charge in [-0.3, -0.25) is 9.25 Å². The van der Waals surface area contributed by atoms with Crippen molar-refractivity contribution in [2.24, 2.45) is 7.05 Å². The van der Waals surface area contributed by atoms with E-state index in [1.165, 1.54) is 0 Å². The molecule has 1 saturated heterocycles. The van der Waals surface area contributed by atoms with E-state index in [1.54, 1.807) is 24.3 Å². The number of hydrogen-bond donors (Lipinski definition) is 2. The molecule has 0 spiro atoms. The monoisotopic (exact) mass is 390 g/mol. The zero-order chi connectivity index (χ0) is 19.8. The molecule has 9 heteroatoms. The Morgan fingerprint density at radius 2 is 2.21 bits per heavy atom. The molecule has 148 valence electrons. The van der Waals surface area contributed by atoms with Crippen LogP contribution >= 0.6 is 0 Å². The van der Waals surface area contributed by atoms with Crippen LogP contribution in [0, 0.1) is 0 Å². The molecule has 0 radical (unpaired) electrons. The Balaban J connectivity index is 1.57. The van der Waals surface area contributed by atoms with Gasteiger partial charge in [0, 0.05) is 49.2 Å². The lowest BCUT2D eigenvalue weighted by atomic mass is 10.1. The van der Waals surface area contributed by atoms with Gasteiger partial charge in [0.25, 0.3) is 0 Å². The fourth-order valence-corrected chi connectivity index (χ4v) is 3.68. The first-order valence-electron chi connectivity index (χ1n) is 9.56. The van der Waals surface area contributed by atoms with E-state index in [2.05, 4.69) is 25.7 Å². The van der Waals surface area contributed by atoms with Crippen LogP contribution < -0.4 is 15.4 Å². The van der Waals surface area contributed by atoms with E-state index in [4.69, 9.17) is 9.72 Å². The van der Waals surface area contributed by atoms with Crippen molar-refractivity contribution in [3.63, 3.8) is 0 Å². The molecule has 1 aliphatic heterocycles. The van der Waals surface area contributed by atoms with Gasteiger partial charge >= 0.3 is 0 Å². The van der Waals surface area contributed by atoms with Crippen molar-refractivity contribution in [1.82, 2.24) is 34.6 Å². The van der Waals surface area contributed by atoms with Crippen LogP contribution in [0.3, 0.4) is 0 Å². The van der Waals surface area contributed by atoms with Crippen LogP contribution in [-0.2, 0) is 7.05 Å². The molecule has 1 aliphatic rings. The number of methoxy groups -OCH3 is 1. The van der Waals surface area contributed by atoms with Gasteiger partial charge in [0.1, 0.15) is 17.9 Å². The zero-order valence-corrected chi connectivity index (χ0v) is 16.3. The van der Waals surface area contributed by atoms with E-state index in [0.717, 1.165) is 53.2 Å². The predicted octanol–water partition coefficient (Wildman–Crippen LogP) is 2.00. The quantitative estimate of drug-likeness (QED) is 0.538. The number of fused-ring (bicyclic) bond motifs is 1. The average molecular weight is 390 g/mol. The highest BCUT2D eigenvalue weighted by atomic mass is 16.5. The maximum atomic E-state index is 5.59. The minimum atomic E-state index is 0.388. The number of ether oxygens (including phenoxy) is 1. The minimum absolute atomic E-state index is 0.388. The Hall–Kier alpha value is -3.46. The Kier molecular flexibility index (Phi) is 4.36. The van der Waals surface area contributed by atoms with E-state index < -0.39 is 0 Å². The van der Waals surface area contributed by atoms with Gasteiger partial charge in [-0.05, 0) is 25.1 Å². The van der Waals surface area contributed by atoms with Crippen LogP contribution in [-0.4, -0.2) is 55.5 Å². The Labute approximate surface area is 167 Å². The molecule has 29 heavy (non-hydrogen) atoms. The fraction of sp³-hybridized carbons (Fsp3) is 0.300. The van der Waals surface area contributed by atoms with E-state index in [-0.39, 0.29) is 0 Å². The summed E-state index contributed by atoms with van der Waals surface area (Å²) in [5.74, 6) is 2.14. The number of benzene rings is 1. The van der Waals surface area contributed by atoms with Gasteiger partial charge in [-0.2, -0.15) is 10.1 Å². The third-order valence-electron chi connectivity index (χ3n) is 5.16. The largest absolute Gasteiger partial charge is 0.496 e. The molecule has 1 aromatic carbocycles. The molecule has 0 amide bonds. The topological polar surface area (TPSA) is 94.7 Å². The predicted molar refractivity (Wildman–Crippen MR) is 110 cm³/mol. The molecule has 0 aliphatic carbocycles. The molecule has 4 heterocycles. The molecule has 3 aromatic heterocycles. The fourth-order valence-electron chi connectivity index (χ4n) is 3.68. The van der Waals surface area contributed by atoms with E-state index in [9.17, 15) is 0 Å². The van der Waals surface area contributed by atoms with Crippen molar-refractivity contribution in [1.29, 1.82) is 0 Å². The second-order valence-electron chi connectivity index (χ2n) is 7.13. The van der Waals surface area contributed by atoms with Crippen molar-refractivity contribution in [3.8, 4) is 22.8 Å². The molecular weight excluding hydrogens is 368 g/mol. The van der Waals surface area contributed by atoms with Gasteiger partial charge in [-0.25, -0.2) is 9.97 Å². The smallest absolute Gasteiger partial charge is 0.237 e. The Bertz CT molecular complexity index is 1160. The maximum absolute atomic E-state index is 5.59. The van der Waals surface area contributed by atoms with Crippen LogP contribution in [0.5, 0.6) is 5.75 Å². The summed E-state index contributed by atoms with van der Waals surface area (Å²) in [6, 6.07) is 6.26. The third-order valence-corrected chi connectivity index (χ3v) is 5.16. The summed E-state index contributed by atoms with van der Waals surface area (Å²) >= 11 is 0. The second-order valence-corrected chi connectivity index (χ2v) is 7.13. The number of rotatable bonds is 5. The lowest BCUT2D eigenvalue weighted by molar-refractivity contribution is 0.417. The summed E-state index contributed by atoms with van der Waals surface area (Å²) in [5.41, 5.74) is 3.64. The molecule has 1 fully saturated rings. The van der Waals surface area contributed by atoms with Crippen molar-refractivity contribution < 1.29 is 4.74 Å². The van der Waals surface area contributed by atoms with Gasteiger partial charge in [-0.15, -0.1) is 0 Å². The van der Waals surface area contributed by atoms with Crippen molar-refractivity contribution in [3.05, 3.63) is 43.1 Å². The van der Waals surface area contributed by atoms with Crippen LogP contribution in [0.2, 0.25) is 0 Å². The number of nitrogens with one attached hydrogen (secondary N) is 2. The highest BCUT2D eigenvalue weighted by Gasteiger charge is 2.17. The molecule has 2 N–H and O–H groups in total. The highest BCUT2D eigenvalue weighted by molar-refractivity contribution is 5.87. The Morgan fingerprint density at radius 3 is 2.97 bits per heavy atom. The first-order valence-corrected chi connectivity index (χ1v) is 9.56. The normalized spacial score (nSPS) is 16.4. The first-order chi connectivity index (χ1) is 14.2. The molecule has 9 nitrogen and oxygen atoms in total. The number of imidazole rings is 1. The Morgan fingerprint density at radius 1 is 1.28 bits per heavy atom. The SMILES string of the molecule is COc1cc2ncn(-c3nccc(NC4CCNC4)n3)c2cc1-c1cnn(C)c1. The highest BCUT2D eigenvalue weighted by Crippen LogP contribution is 2.34. The number of nitrogens with zero attached hydrogens (tertiary/aromatic N) is 6. The number of hydrogen-bond acceptors (Lipinski definition) is 7. The second kappa shape index (κ2) is 7.17. The van der Waals surface area contributed by atoms with Gasteiger partial charge in [-0.1, -0.05) is 0 Å². The van der Waals surface area contributed by atoms with Gasteiger partial charge in [0.15, 0.2) is 0 Å². The van der Waals surface area contributed by atoms with Crippen molar-refractivity contribution in [2.45, 2.75) is 12.5 Å². The molecule has 1 unspecified atom stereocenters. The number of anilines is 1. The molecule has 0 bridgehead atoms. The first kappa shape index (κ1) is 17.6. The molecule has 5 rings (SSSR count). The van der Waals surface area contributed by atoms with E-state index >= 15 is 0 Å². The standard InChI is InChI=1S/C20H22N8O/c1-27-11-13(9-24-27)15-7-17-16(8-18(15)29-2)23-12-28(17)20-22-6-4-19(26-20)25-14-3-5-21-10-14/h4,6-9,11-12,14,21H,3,5,10H2,1-2H3,(H,22,25,26). The lowest BCUT2D eigenvalue weighted by Crippen LogP contribution is -2.23.